The topological polar surface area (TPSA) is 60.9 Å². The van der Waals surface area contributed by atoms with E-state index in [2.05, 4.69) is 4.98 Å². The van der Waals surface area contributed by atoms with Crippen molar-refractivity contribution in [2.45, 2.75) is 13.1 Å². The van der Waals surface area contributed by atoms with E-state index in [9.17, 15) is 4.79 Å². The molecule has 1 aliphatic rings. The Morgan fingerprint density at radius 3 is 2.68 bits per heavy atom. The first kappa shape index (κ1) is 17.9. The van der Waals surface area contributed by atoms with E-state index in [4.69, 9.17) is 14.2 Å². The zero-order valence-electron chi connectivity index (χ0n) is 15.5. The summed E-state index contributed by atoms with van der Waals surface area (Å²) in [6.07, 6.45) is 0. The van der Waals surface area contributed by atoms with Gasteiger partial charge >= 0.3 is 0 Å². The predicted octanol–water partition coefficient (Wildman–Crippen LogP) is 3.80. The molecule has 0 N–H and O–H groups in total. The molecule has 0 aliphatic carbocycles. The molecule has 0 saturated carbocycles. The van der Waals surface area contributed by atoms with Crippen LogP contribution in [0.1, 0.15) is 11.3 Å². The predicted molar refractivity (Wildman–Crippen MR) is 103 cm³/mol. The average Bonchev–Trinajstić information content (AvgIpc) is 2.88. The van der Waals surface area contributed by atoms with Crippen LogP contribution in [0.3, 0.4) is 0 Å². The number of para-hydroxylation sites is 1. The molecule has 6 nitrogen and oxygen atoms in total. The van der Waals surface area contributed by atoms with E-state index < -0.39 is 0 Å². The molecular formula is C22H20N2O4. The highest BCUT2D eigenvalue weighted by Gasteiger charge is 2.23. The molecule has 0 saturated heterocycles. The molecule has 0 radical (unpaired) electrons. The highest BCUT2D eigenvalue weighted by molar-refractivity contribution is 5.78. The quantitative estimate of drug-likeness (QED) is 0.678. The molecule has 1 amide bonds. The third-order valence-corrected chi connectivity index (χ3v) is 4.42. The van der Waals surface area contributed by atoms with Crippen molar-refractivity contribution in [1.82, 2.24) is 9.88 Å². The Morgan fingerprint density at radius 2 is 1.86 bits per heavy atom. The Balaban J connectivity index is 1.55. The van der Waals surface area contributed by atoms with Gasteiger partial charge in [-0.3, -0.25) is 4.79 Å². The summed E-state index contributed by atoms with van der Waals surface area (Å²) in [6.45, 7) is 0.777. The highest BCUT2D eigenvalue weighted by Crippen LogP contribution is 2.28. The summed E-state index contributed by atoms with van der Waals surface area (Å²) in [5.74, 6) is 2.43. The number of carbonyl (C=O) groups is 1. The van der Waals surface area contributed by atoms with E-state index in [0.717, 1.165) is 11.3 Å². The van der Waals surface area contributed by atoms with Crippen LogP contribution in [-0.2, 0) is 17.9 Å². The van der Waals surface area contributed by atoms with Crippen molar-refractivity contribution in [2.75, 3.05) is 13.7 Å². The van der Waals surface area contributed by atoms with Crippen molar-refractivity contribution in [3.05, 3.63) is 78.0 Å². The van der Waals surface area contributed by atoms with Gasteiger partial charge in [0.05, 0.1) is 13.7 Å². The van der Waals surface area contributed by atoms with Gasteiger partial charge in [0.25, 0.3) is 5.91 Å². The van der Waals surface area contributed by atoms with Crippen LogP contribution in [0, 0.1) is 0 Å². The molecule has 28 heavy (non-hydrogen) atoms. The van der Waals surface area contributed by atoms with Crippen LogP contribution >= 0.6 is 0 Å². The van der Waals surface area contributed by atoms with Crippen LogP contribution in [0.4, 0.5) is 0 Å². The lowest BCUT2D eigenvalue weighted by Crippen LogP contribution is -2.32. The van der Waals surface area contributed by atoms with E-state index in [1.165, 1.54) is 0 Å². The largest absolute Gasteiger partial charge is 0.497 e. The zero-order chi connectivity index (χ0) is 19.3. The van der Waals surface area contributed by atoms with Crippen LogP contribution in [0.15, 0.2) is 66.7 Å². The Hall–Kier alpha value is -3.54. The Labute approximate surface area is 163 Å². The highest BCUT2D eigenvalue weighted by atomic mass is 16.5. The molecule has 4 rings (SSSR count). The molecule has 142 valence electrons. The lowest BCUT2D eigenvalue weighted by molar-refractivity contribution is -0.133. The zero-order valence-corrected chi connectivity index (χ0v) is 15.5. The van der Waals surface area contributed by atoms with Crippen molar-refractivity contribution < 1.29 is 19.0 Å². The van der Waals surface area contributed by atoms with Gasteiger partial charge in [-0.15, -0.1) is 0 Å². The summed E-state index contributed by atoms with van der Waals surface area (Å²) < 4.78 is 16.7. The minimum Gasteiger partial charge on any atom is -0.497 e. The van der Waals surface area contributed by atoms with Crippen molar-refractivity contribution in [3.8, 4) is 23.1 Å². The van der Waals surface area contributed by atoms with Crippen LogP contribution in [0.2, 0.25) is 0 Å². The number of ether oxygens (including phenoxy) is 3. The average molecular weight is 376 g/mol. The molecule has 2 aromatic carbocycles. The van der Waals surface area contributed by atoms with E-state index >= 15 is 0 Å². The molecule has 1 aliphatic heterocycles. The second kappa shape index (κ2) is 8.00. The normalized spacial score (nSPS) is 13.3. The standard InChI is InChI=1S/C22H20N2O4/c1-26-18-9-5-6-16(12-18)13-24-14-19-20(27-15-22(24)25)10-11-21(23-19)28-17-7-3-2-4-8-17/h2-12H,13-15H2,1H3. The first-order valence-corrected chi connectivity index (χ1v) is 8.97. The van der Waals surface area contributed by atoms with Crippen LogP contribution in [0.5, 0.6) is 23.1 Å². The molecule has 0 atom stereocenters. The van der Waals surface area contributed by atoms with Crippen molar-refractivity contribution >= 4 is 5.91 Å². The SMILES string of the molecule is COc1cccc(CN2Cc3nc(Oc4ccccc4)ccc3OCC2=O)c1. The summed E-state index contributed by atoms with van der Waals surface area (Å²) in [7, 11) is 1.62. The molecule has 1 aromatic heterocycles. The number of pyridine rings is 1. The van der Waals surface area contributed by atoms with E-state index in [1.807, 2.05) is 54.6 Å². The Bertz CT molecular complexity index is 975. The van der Waals surface area contributed by atoms with Crippen LogP contribution in [0.25, 0.3) is 0 Å². The maximum absolute atomic E-state index is 12.5. The van der Waals surface area contributed by atoms with Gasteiger partial charge in [-0.2, -0.15) is 0 Å². The van der Waals surface area contributed by atoms with Crippen LogP contribution in [-0.4, -0.2) is 29.5 Å². The molecule has 3 aromatic rings. The molecule has 6 heteroatoms. The number of methoxy groups -OCH3 is 1. The summed E-state index contributed by atoms with van der Waals surface area (Å²) in [5, 5.41) is 0. The molecular weight excluding hydrogens is 356 g/mol. The molecule has 2 heterocycles. The summed E-state index contributed by atoms with van der Waals surface area (Å²) in [4.78, 5) is 18.8. The molecule has 0 spiro atoms. The van der Waals surface area contributed by atoms with Crippen molar-refractivity contribution in [3.63, 3.8) is 0 Å². The fourth-order valence-corrected chi connectivity index (χ4v) is 3.01. The minimum absolute atomic E-state index is 0.0163. The first-order valence-electron chi connectivity index (χ1n) is 8.97. The Morgan fingerprint density at radius 1 is 1.04 bits per heavy atom. The van der Waals surface area contributed by atoms with Gasteiger partial charge in [-0.05, 0) is 35.9 Å². The van der Waals surface area contributed by atoms with E-state index in [0.29, 0.717) is 36.2 Å². The molecule has 0 unspecified atom stereocenters. The van der Waals surface area contributed by atoms with Gasteiger partial charge in [0, 0.05) is 12.6 Å². The minimum atomic E-state index is -0.0913. The second-order valence-electron chi connectivity index (χ2n) is 6.40. The third-order valence-electron chi connectivity index (χ3n) is 4.42. The number of hydrogen-bond donors (Lipinski definition) is 0. The summed E-state index contributed by atoms with van der Waals surface area (Å²) in [5.41, 5.74) is 1.65. The maximum Gasteiger partial charge on any atom is 0.261 e. The smallest absolute Gasteiger partial charge is 0.261 e. The summed E-state index contributed by atoms with van der Waals surface area (Å²) in [6, 6.07) is 20.7. The lowest BCUT2D eigenvalue weighted by Gasteiger charge is -2.20. The lowest BCUT2D eigenvalue weighted by atomic mass is 10.2. The number of hydrogen-bond acceptors (Lipinski definition) is 5. The number of aromatic nitrogens is 1. The van der Waals surface area contributed by atoms with Gasteiger partial charge in [0.15, 0.2) is 6.61 Å². The number of amides is 1. The first-order chi connectivity index (χ1) is 13.7. The van der Waals surface area contributed by atoms with Crippen LogP contribution < -0.4 is 14.2 Å². The van der Waals surface area contributed by atoms with Gasteiger partial charge < -0.3 is 19.1 Å². The number of rotatable bonds is 5. The van der Waals surface area contributed by atoms with Gasteiger partial charge in [-0.1, -0.05) is 30.3 Å². The van der Waals surface area contributed by atoms with E-state index in [-0.39, 0.29) is 12.5 Å². The third kappa shape index (κ3) is 4.06. The van der Waals surface area contributed by atoms with Gasteiger partial charge in [0.1, 0.15) is 22.9 Å². The van der Waals surface area contributed by atoms with Crippen molar-refractivity contribution in [2.24, 2.45) is 0 Å². The summed E-state index contributed by atoms with van der Waals surface area (Å²) >= 11 is 0. The fourth-order valence-electron chi connectivity index (χ4n) is 3.01. The number of fused-ring (bicyclic) bond motifs is 1. The molecule has 0 bridgehead atoms. The van der Waals surface area contributed by atoms with Gasteiger partial charge in [-0.25, -0.2) is 4.98 Å². The monoisotopic (exact) mass is 376 g/mol. The Kier molecular flexibility index (Phi) is 5.10. The number of benzene rings is 2. The fraction of sp³-hybridized carbons (Fsp3) is 0.182. The molecule has 0 fully saturated rings. The number of carbonyl (C=O) groups excluding carboxylic acids is 1. The second-order valence-corrected chi connectivity index (χ2v) is 6.40. The van der Waals surface area contributed by atoms with Crippen molar-refractivity contribution in [1.29, 1.82) is 0 Å². The van der Waals surface area contributed by atoms with E-state index in [1.54, 1.807) is 24.1 Å². The van der Waals surface area contributed by atoms with Gasteiger partial charge in [0.2, 0.25) is 5.88 Å². The maximum atomic E-state index is 12.5. The number of nitrogens with zero attached hydrogens (tertiary/aromatic N) is 2.